The molecule has 0 bridgehead atoms. The van der Waals surface area contributed by atoms with Crippen LogP contribution in [0.3, 0.4) is 0 Å². The molecule has 24 nitrogen and oxygen atoms in total. The van der Waals surface area contributed by atoms with Gasteiger partial charge in [0, 0.05) is 13.0 Å². The van der Waals surface area contributed by atoms with Crippen molar-refractivity contribution in [3.05, 3.63) is 35.9 Å². The average Bonchev–Trinajstić information content (AvgIpc) is 3.34. The molecule has 1 saturated heterocycles. The maximum absolute atomic E-state index is 14.4. The summed E-state index contributed by atoms with van der Waals surface area (Å²) in [6.07, 6.45) is 1.97. The summed E-state index contributed by atoms with van der Waals surface area (Å²) in [5.74, 6) is -7.59. The van der Waals surface area contributed by atoms with Crippen LogP contribution in [-0.4, -0.2) is 157 Å². The number of nitrogens with one attached hydrogen (secondary N) is 9. The maximum atomic E-state index is 14.4. The van der Waals surface area contributed by atoms with E-state index in [1.807, 2.05) is 13.8 Å². The number of nitrogens with two attached hydrogens (primary N) is 4. The Morgan fingerprint density at radius 3 is 1.68 bits per heavy atom. The van der Waals surface area contributed by atoms with Gasteiger partial charge in [0.1, 0.15) is 48.3 Å². The second-order valence-corrected chi connectivity index (χ2v) is 19.3. The predicted octanol–water partition coefficient (Wildman–Crippen LogP) is -3.05. The minimum absolute atomic E-state index is 0.0457. The standard InChI is InChI=1S/C50H87N13O11/c1-5-6-7-8-12-16-33(65)29-41(66)56-34(17-13-22-51)43(67)60-38-21-26-55-50(74)42(31(4)64)63-47(71)37(20-25-54)58-44(68)35(18-23-52)59-48(72)39(27-30(2)3)61-49(73)40(28-32-14-10-9-11-15-32)62-45(69)36(19-24-53)57-46(38)70/h9-11,14-15,30-31,33-40,42,64-65H,5-8,12-13,16-29,51-54H2,1-4H3,(H,55,74)(H,56,66)(H,57,70)(H,58,68)(H,59,72)(H,60,67)(H,61,73)(H,62,69)(H,63,71)/t31-,33-,34-,35+,36+,37+,38+,39+,40-,42+/m1/s1. The highest BCUT2D eigenvalue weighted by atomic mass is 16.3. The summed E-state index contributed by atoms with van der Waals surface area (Å²) in [4.78, 5) is 126. The lowest BCUT2D eigenvalue weighted by Crippen LogP contribution is -2.61. The van der Waals surface area contributed by atoms with Crippen molar-refractivity contribution < 1.29 is 53.4 Å². The maximum Gasteiger partial charge on any atom is 0.245 e. The number of rotatable bonds is 25. The van der Waals surface area contributed by atoms with Crippen molar-refractivity contribution >= 4 is 53.2 Å². The van der Waals surface area contributed by atoms with Gasteiger partial charge in [-0.05, 0) is 96.0 Å². The number of amides is 9. The van der Waals surface area contributed by atoms with Gasteiger partial charge in [-0.15, -0.1) is 0 Å². The fourth-order valence-corrected chi connectivity index (χ4v) is 8.22. The van der Waals surface area contributed by atoms with Crippen molar-refractivity contribution in [2.75, 3.05) is 32.7 Å². The molecule has 2 rings (SSSR count). The Morgan fingerprint density at radius 2 is 1.14 bits per heavy atom. The molecular weight excluding hydrogens is 959 g/mol. The smallest absolute Gasteiger partial charge is 0.245 e. The molecule has 1 aliphatic heterocycles. The quantitative estimate of drug-likeness (QED) is 0.0433. The molecule has 0 aromatic heterocycles. The monoisotopic (exact) mass is 1050 g/mol. The lowest BCUT2D eigenvalue weighted by atomic mass is 10.00. The van der Waals surface area contributed by atoms with Crippen LogP contribution < -0.4 is 70.8 Å². The van der Waals surface area contributed by atoms with Crippen LogP contribution in [0.2, 0.25) is 0 Å². The average molecular weight is 1050 g/mol. The van der Waals surface area contributed by atoms with Gasteiger partial charge in [-0.1, -0.05) is 83.2 Å². The van der Waals surface area contributed by atoms with Crippen LogP contribution >= 0.6 is 0 Å². The molecule has 1 fully saturated rings. The van der Waals surface area contributed by atoms with E-state index in [4.69, 9.17) is 22.9 Å². The number of carbonyl (C=O) groups excluding carboxylic acids is 9. The first kappa shape index (κ1) is 64.3. The first-order valence-electron chi connectivity index (χ1n) is 26.2. The molecule has 1 aliphatic rings. The van der Waals surface area contributed by atoms with Crippen LogP contribution in [0.4, 0.5) is 0 Å². The van der Waals surface area contributed by atoms with Crippen LogP contribution in [0, 0.1) is 5.92 Å². The summed E-state index contributed by atoms with van der Waals surface area (Å²) in [6.45, 7) is 6.40. The molecule has 9 amide bonds. The molecule has 0 spiro atoms. The fraction of sp³-hybridized carbons (Fsp3) is 0.700. The summed E-state index contributed by atoms with van der Waals surface area (Å²) in [7, 11) is 0. The third kappa shape index (κ3) is 24.0. The van der Waals surface area contributed by atoms with E-state index < -0.39 is 114 Å². The molecule has 74 heavy (non-hydrogen) atoms. The zero-order valence-corrected chi connectivity index (χ0v) is 43.8. The molecular formula is C50H87N13O11. The van der Waals surface area contributed by atoms with E-state index >= 15 is 0 Å². The molecule has 1 heterocycles. The van der Waals surface area contributed by atoms with Gasteiger partial charge in [-0.25, -0.2) is 0 Å². The first-order valence-corrected chi connectivity index (χ1v) is 26.2. The van der Waals surface area contributed by atoms with Gasteiger partial charge < -0.3 is 81.0 Å². The fourth-order valence-electron chi connectivity index (χ4n) is 8.22. The number of carbonyl (C=O) groups is 9. The van der Waals surface area contributed by atoms with E-state index in [1.165, 1.54) is 6.92 Å². The lowest BCUT2D eigenvalue weighted by molar-refractivity contribution is -0.136. The normalized spacial score (nSPS) is 23.4. The number of benzene rings is 1. The number of unbranched alkanes of at least 4 members (excludes halogenated alkanes) is 4. The second-order valence-electron chi connectivity index (χ2n) is 19.3. The van der Waals surface area contributed by atoms with E-state index in [9.17, 15) is 53.4 Å². The van der Waals surface area contributed by atoms with Crippen LogP contribution in [-0.2, 0) is 49.6 Å². The third-order valence-corrected chi connectivity index (χ3v) is 12.4. The van der Waals surface area contributed by atoms with Gasteiger partial charge in [0.25, 0.3) is 0 Å². The number of aliphatic hydroxyl groups is 2. The van der Waals surface area contributed by atoms with E-state index in [0.717, 1.165) is 25.7 Å². The zero-order valence-electron chi connectivity index (χ0n) is 43.8. The Bertz CT molecular complexity index is 1930. The number of hydrogen-bond donors (Lipinski definition) is 15. The molecule has 418 valence electrons. The van der Waals surface area contributed by atoms with Crippen molar-refractivity contribution in [3.8, 4) is 0 Å². The third-order valence-electron chi connectivity index (χ3n) is 12.4. The molecule has 10 atom stereocenters. The van der Waals surface area contributed by atoms with E-state index in [2.05, 4.69) is 54.8 Å². The van der Waals surface area contributed by atoms with Crippen molar-refractivity contribution in [1.29, 1.82) is 0 Å². The highest BCUT2D eigenvalue weighted by Crippen LogP contribution is 2.13. The van der Waals surface area contributed by atoms with Gasteiger partial charge in [0.05, 0.1) is 18.6 Å². The van der Waals surface area contributed by atoms with Crippen LogP contribution in [0.5, 0.6) is 0 Å². The summed E-state index contributed by atoms with van der Waals surface area (Å²) in [6, 6.07) is -2.38. The van der Waals surface area contributed by atoms with Crippen molar-refractivity contribution in [1.82, 2.24) is 47.9 Å². The topological polar surface area (TPSA) is 406 Å². The van der Waals surface area contributed by atoms with E-state index in [0.29, 0.717) is 18.4 Å². The molecule has 24 heteroatoms. The minimum Gasteiger partial charge on any atom is -0.393 e. The lowest BCUT2D eigenvalue weighted by Gasteiger charge is -2.28. The zero-order chi connectivity index (χ0) is 55.2. The summed E-state index contributed by atoms with van der Waals surface area (Å²) in [5, 5.41) is 44.8. The highest BCUT2D eigenvalue weighted by molar-refractivity contribution is 5.98. The minimum atomic E-state index is -1.62. The molecule has 0 aliphatic carbocycles. The second kappa shape index (κ2) is 35.4. The van der Waals surface area contributed by atoms with Crippen LogP contribution in [0.25, 0.3) is 0 Å². The van der Waals surface area contributed by atoms with Crippen molar-refractivity contribution in [2.45, 2.75) is 185 Å². The number of aliphatic hydroxyl groups excluding tert-OH is 2. The predicted molar refractivity (Wildman–Crippen MR) is 278 cm³/mol. The van der Waals surface area contributed by atoms with E-state index in [1.54, 1.807) is 30.3 Å². The molecule has 0 unspecified atom stereocenters. The summed E-state index contributed by atoms with van der Waals surface area (Å²) < 4.78 is 0. The van der Waals surface area contributed by atoms with Crippen molar-refractivity contribution in [2.24, 2.45) is 28.9 Å². The summed E-state index contributed by atoms with van der Waals surface area (Å²) >= 11 is 0. The van der Waals surface area contributed by atoms with Gasteiger partial charge >= 0.3 is 0 Å². The van der Waals surface area contributed by atoms with Crippen LogP contribution in [0.1, 0.15) is 123 Å². The molecule has 1 aromatic rings. The highest BCUT2D eigenvalue weighted by Gasteiger charge is 2.36. The van der Waals surface area contributed by atoms with Crippen LogP contribution in [0.15, 0.2) is 30.3 Å². The van der Waals surface area contributed by atoms with Gasteiger partial charge in [-0.3, -0.25) is 43.2 Å². The summed E-state index contributed by atoms with van der Waals surface area (Å²) in [5.41, 5.74) is 24.0. The Morgan fingerprint density at radius 1 is 0.622 bits per heavy atom. The Kier molecular flexibility index (Phi) is 30.8. The molecule has 0 radical (unpaired) electrons. The molecule has 1 aromatic carbocycles. The Balaban J connectivity index is 2.68. The molecule has 0 saturated carbocycles. The largest absolute Gasteiger partial charge is 0.393 e. The van der Waals surface area contributed by atoms with Crippen molar-refractivity contribution in [3.63, 3.8) is 0 Å². The molecule has 19 N–H and O–H groups in total. The Hall–Kier alpha value is -5.79. The van der Waals surface area contributed by atoms with Gasteiger partial charge in [0.2, 0.25) is 53.2 Å². The number of hydrogen-bond acceptors (Lipinski definition) is 15. The Labute approximate surface area is 435 Å². The van der Waals surface area contributed by atoms with Gasteiger partial charge in [-0.2, -0.15) is 0 Å². The van der Waals surface area contributed by atoms with E-state index in [-0.39, 0.29) is 96.4 Å². The SMILES string of the molecule is CCCCCCC[C@@H](O)CC(=O)N[C@H](CCCN)C(=O)N[C@H]1CCNC(=O)[C@H]([C@@H](C)O)NC(=O)[C@H](CCN)NC(=O)[C@H](CCN)NC(=O)[C@H](CC(C)C)NC(=O)[C@@H](Cc2ccccc2)NC(=O)[C@H](CCN)NC1=O. The van der Waals surface area contributed by atoms with Gasteiger partial charge in [0.15, 0.2) is 0 Å². The first-order chi connectivity index (χ1) is 35.3.